The number of benzene rings is 1. The fourth-order valence-corrected chi connectivity index (χ4v) is 1.91. The Kier molecular flexibility index (Phi) is 3.01. The summed E-state index contributed by atoms with van der Waals surface area (Å²) in [5.41, 5.74) is 7.91. The molecule has 0 saturated heterocycles. The Morgan fingerprint density at radius 1 is 1.10 bits per heavy atom. The Labute approximate surface area is 115 Å². The number of aromatic nitrogens is 2. The highest BCUT2D eigenvalue weighted by Crippen LogP contribution is 2.16. The Morgan fingerprint density at radius 3 is 2.80 bits per heavy atom. The van der Waals surface area contributed by atoms with E-state index in [1.54, 1.807) is 12.3 Å². The van der Waals surface area contributed by atoms with Crippen LogP contribution in [0.25, 0.3) is 10.9 Å². The second-order valence-corrected chi connectivity index (χ2v) is 4.35. The number of anilines is 2. The molecule has 0 spiro atoms. The minimum atomic E-state index is -0.311. The molecule has 1 amide bonds. The zero-order valence-electron chi connectivity index (χ0n) is 10.6. The van der Waals surface area contributed by atoms with Crippen LogP contribution in [0.5, 0.6) is 0 Å². The molecule has 0 fully saturated rings. The average molecular weight is 264 g/mol. The molecule has 5 heteroatoms. The Hall–Kier alpha value is -2.95. The average Bonchev–Trinajstić information content (AvgIpc) is 2.47. The highest BCUT2D eigenvalue weighted by Gasteiger charge is 2.08. The third-order valence-corrected chi connectivity index (χ3v) is 2.86. The van der Waals surface area contributed by atoms with Crippen LogP contribution >= 0.6 is 0 Å². The van der Waals surface area contributed by atoms with Crippen LogP contribution in [-0.4, -0.2) is 15.9 Å². The predicted octanol–water partition coefficient (Wildman–Crippen LogP) is 2.46. The molecule has 98 valence electrons. The van der Waals surface area contributed by atoms with Crippen LogP contribution in [0.15, 0.2) is 54.9 Å². The van der Waals surface area contributed by atoms with Gasteiger partial charge in [-0.15, -0.1) is 0 Å². The Morgan fingerprint density at radius 2 is 1.95 bits per heavy atom. The molecule has 5 nitrogen and oxygen atoms in total. The van der Waals surface area contributed by atoms with E-state index in [1.165, 1.54) is 12.3 Å². The lowest BCUT2D eigenvalue weighted by atomic mass is 10.2. The largest absolute Gasteiger partial charge is 0.399 e. The van der Waals surface area contributed by atoms with Gasteiger partial charge >= 0.3 is 0 Å². The van der Waals surface area contributed by atoms with Crippen molar-refractivity contribution in [3.63, 3.8) is 0 Å². The van der Waals surface area contributed by atoms with Gasteiger partial charge in [0.15, 0.2) is 0 Å². The highest BCUT2D eigenvalue weighted by atomic mass is 16.1. The number of nitrogens with two attached hydrogens (primary N) is 1. The lowest BCUT2D eigenvalue weighted by Crippen LogP contribution is -2.14. The van der Waals surface area contributed by atoms with Crippen molar-refractivity contribution in [2.24, 2.45) is 0 Å². The van der Waals surface area contributed by atoms with Crippen molar-refractivity contribution >= 4 is 28.2 Å². The van der Waals surface area contributed by atoms with Gasteiger partial charge in [-0.1, -0.05) is 18.2 Å². The summed E-state index contributed by atoms with van der Waals surface area (Å²) in [4.78, 5) is 20.3. The van der Waals surface area contributed by atoms with Crippen LogP contribution < -0.4 is 11.1 Å². The summed E-state index contributed by atoms with van der Waals surface area (Å²) < 4.78 is 0. The molecule has 3 aromatic rings. The molecule has 0 saturated carbocycles. The number of fused-ring (bicyclic) bond motifs is 1. The first-order valence-electron chi connectivity index (χ1n) is 6.10. The van der Waals surface area contributed by atoms with Gasteiger partial charge in [-0.05, 0) is 24.3 Å². The number of hydrogen-bond donors (Lipinski definition) is 2. The standard InChI is InChI=1S/C15H12N4O/c16-11-5-6-17-14(8-11)15(20)19-12-7-10-3-1-2-4-13(10)18-9-12/h1-9H,(H2,16,17)(H,19,20). The number of amides is 1. The maximum atomic E-state index is 12.0. The van der Waals surface area contributed by atoms with Gasteiger partial charge in [0.1, 0.15) is 5.69 Å². The molecule has 3 N–H and O–H groups in total. The first-order chi connectivity index (χ1) is 9.72. The number of hydrogen-bond acceptors (Lipinski definition) is 4. The summed E-state index contributed by atoms with van der Waals surface area (Å²) in [6.45, 7) is 0. The molecule has 0 atom stereocenters. The van der Waals surface area contributed by atoms with Crippen molar-refractivity contribution in [2.75, 3.05) is 11.1 Å². The molecule has 2 heterocycles. The van der Waals surface area contributed by atoms with Gasteiger partial charge in [0, 0.05) is 17.3 Å². The normalized spacial score (nSPS) is 10.4. The number of pyridine rings is 2. The van der Waals surface area contributed by atoms with Crippen molar-refractivity contribution in [2.45, 2.75) is 0 Å². The third kappa shape index (κ3) is 2.42. The zero-order valence-corrected chi connectivity index (χ0v) is 10.6. The number of para-hydroxylation sites is 1. The first-order valence-corrected chi connectivity index (χ1v) is 6.10. The van der Waals surface area contributed by atoms with Gasteiger partial charge in [0.25, 0.3) is 5.91 Å². The van der Waals surface area contributed by atoms with E-state index in [4.69, 9.17) is 5.73 Å². The Bertz CT molecular complexity index is 785. The van der Waals surface area contributed by atoms with Crippen LogP contribution in [0.1, 0.15) is 10.5 Å². The first kappa shape index (κ1) is 12.1. The summed E-state index contributed by atoms with van der Waals surface area (Å²) in [5.74, 6) is -0.311. The van der Waals surface area contributed by atoms with Crippen molar-refractivity contribution < 1.29 is 4.79 Å². The van der Waals surface area contributed by atoms with Crippen LogP contribution in [0, 0.1) is 0 Å². The summed E-state index contributed by atoms with van der Waals surface area (Å²) in [5, 5.41) is 3.72. The van der Waals surface area contributed by atoms with Gasteiger partial charge in [-0.2, -0.15) is 0 Å². The molecule has 0 aliphatic rings. The minimum Gasteiger partial charge on any atom is -0.399 e. The molecule has 0 bridgehead atoms. The molecule has 0 aliphatic carbocycles. The summed E-state index contributed by atoms with van der Waals surface area (Å²) >= 11 is 0. The fraction of sp³-hybridized carbons (Fsp3) is 0. The van der Waals surface area contributed by atoms with E-state index >= 15 is 0 Å². The van der Waals surface area contributed by atoms with Crippen LogP contribution in [0.3, 0.4) is 0 Å². The fourth-order valence-electron chi connectivity index (χ4n) is 1.91. The smallest absolute Gasteiger partial charge is 0.274 e. The lowest BCUT2D eigenvalue weighted by Gasteiger charge is -2.06. The predicted molar refractivity (Wildman–Crippen MR) is 78.3 cm³/mol. The van der Waals surface area contributed by atoms with E-state index in [9.17, 15) is 4.79 Å². The van der Waals surface area contributed by atoms with Crippen molar-refractivity contribution in [1.82, 2.24) is 9.97 Å². The van der Waals surface area contributed by atoms with Gasteiger partial charge in [0.2, 0.25) is 0 Å². The second-order valence-electron chi connectivity index (χ2n) is 4.35. The number of carbonyl (C=O) groups is 1. The monoisotopic (exact) mass is 264 g/mol. The molecule has 1 aromatic carbocycles. The van der Waals surface area contributed by atoms with Crippen LogP contribution in [0.2, 0.25) is 0 Å². The molecule has 2 aromatic heterocycles. The zero-order chi connectivity index (χ0) is 13.9. The quantitative estimate of drug-likeness (QED) is 0.745. The van der Waals surface area contributed by atoms with Gasteiger partial charge in [-0.3, -0.25) is 14.8 Å². The summed E-state index contributed by atoms with van der Waals surface area (Å²) in [6.07, 6.45) is 3.12. The van der Waals surface area contributed by atoms with Crippen LogP contribution in [-0.2, 0) is 0 Å². The van der Waals surface area contributed by atoms with Crippen molar-refractivity contribution in [3.8, 4) is 0 Å². The molecule has 3 rings (SSSR count). The molecular weight excluding hydrogens is 252 g/mol. The van der Waals surface area contributed by atoms with E-state index < -0.39 is 0 Å². The number of nitrogen functional groups attached to an aromatic ring is 1. The van der Waals surface area contributed by atoms with Crippen molar-refractivity contribution in [1.29, 1.82) is 0 Å². The van der Waals surface area contributed by atoms with Crippen molar-refractivity contribution in [3.05, 3.63) is 60.6 Å². The maximum absolute atomic E-state index is 12.0. The number of rotatable bonds is 2. The maximum Gasteiger partial charge on any atom is 0.274 e. The Balaban J connectivity index is 1.87. The number of carbonyl (C=O) groups excluding carboxylic acids is 1. The van der Waals surface area contributed by atoms with Gasteiger partial charge in [-0.25, -0.2) is 0 Å². The lowest BCUT2D eigenvalue weighted by molar-refractivity contribution is 0.102. The number of nitrogens with one attached hydrogen (secondary N) is 1. The number of nitrogens with zero attached hydrogens (tertiary/aromatic N) is 2. The molecule has 0 unspecified atom stereocenters. The minimum absolute atomic E-state index is 0.276. The molecule has 0 aliphatic heterocycles. The molecule has 0 radical (unpaired) electrons. The van der Waals surface area contributed by atoms with E-state index in [0.717, 1.165) is 10.9 Å². The second kappa shape index (κ2) is 4.97. The molecular formula is C15H12N4O. The SMILES string of the molecule is Nc1ccnc(C(=O)Nc2cnc3ccccc3c2)c1. The van der Waals surface area contributed by atoms with Crippen LogP contribution in [0.4, 0.5) is 11.4 Å². The van der Waals surface area contributed by atoms with E-state index in [2.05, 4.69) is 15.3 Å². The van der Waals surface area contributed by atoms with E-state index in [1.807, 2.05) is 30.3 Å². The summed E-state index contributed by atoms with van der Waals surface area (Å²) in [7, 11) is 0. The van der Waals surface area contributed by atoms with E-state index in [-0.39, 0.29) is 11.6 Å². The van der Waals surface area contributed by atoms with Gasteiger partial charge in [0.05, 0.1) is 17.4 Å². The van der Waals surface area contributed by atoms with Gasteiger partial charge < -0.3 is 11.1 Å². The summed E-state index contributed by atoms with van der Waals surface area (Å²) in [6, 6.07) is 12.7. The highest BCUT2D eigenvalue weighted by molar-refractivity contribution is 6.03. The third-order valence-electron chi connectivity index (χ3n) is 2.86. The molecule has 20 heavy (non-hydrogen) atoms. The van der Waals surface area contributed by atoms with E-state index in [0.29, 0.717) is 11.4 Å². The topological polar surface area (TPSA) is 80.9 Å².